The molecule has 0 aliphatic heterocycles. The molecule has 2 aromatic rings. The third kappa shape index (κ3) is 3.53. The van der Waals surface area contributed by atoms with Crippen LogP contribution in [0.3, 0.4) is 0 Å². The summed E-state index contributed by atoms with van der Waals surface area (Å²) >= 11 is 5.66. The number of benzene rings is 1. The minimum Gasteiger partial charge on any atom is -0.394 e. The summed E-state index contributed by atoms with van der Waals surface area (Å²) in [6.07, 6.45) is 1.40. The van der Waals surface area contributed by atoms with Crippen molar-refractivity contribution in [1.82, 2.24) is 10.3 Å². The van der Waals surface area contributed by atoms with Gasteiger partial charge in [0.1, 0.15) is 5.15 Å². The molecule has 0 saturated carbocycles. The van der Waals surface area contributed by atoms with E-state index >= 15 is 0 Å². The minimum absolute atomic E-state index is 0.170. The van der Waals surface area contributed by atoms with Gasteiger partial charge in [-0.05, 0) is 17.7 Å². The van der Waals surface area contributed by atoms with Crippen molar-refractivity contribution in [3.8, 4) is 0 Å². The van der Waals surface area contributed by atoms with Gasteiger partial charge in [-0.1, -0.05) is 41.9 Å². The highest BCUT2D eigenvalue weighted by Gasteiger charge is 2.14. The number of carbonyl (C=O) groups excluding carboxylic acids is 1. The van der Waals surface area contributed by atoms with E-state index in [0.29, 0.717) is 10.7 Å². The van der Waals surface area contributed by atoms with Gasteiger partial charge in [0.2, 0.25) is 0 Å². The van der Waals surface area contributed by atoms with E-state index in [1.165, 1.54) is 6.20 Å². The normalized spacial score (nSPS) is 11.9. The fourth-order valence-corrected chi connectivity index (χ4v) is 1.78. The molecular formula is C14H13ClN2O2. The number of aromatic nitrogens is 1. The highest BCUT2D eigenvalue weighted by Crippen LogP contribution is 2.13. The summed E-state index contributed by atoms with van der Waals surface area (Å²) in [5.74, 6) is -0.299. The zero-order valence-electron chi connectivity index (χ0n) is 10.1. The number of aliphatic hydroxyl groups is 1. The molecule has 1 aromatic heterocycles. The Kier molecular flexibility index (Phi) is 4.49. The molecule has 98 valence electrons. The largest absolute Gasteiger partial charge is 0.394 e. The molecule has 1 aromatic carbocycles. The highest BCUT2D eigenvalue weighted by atomic mass is 35.5. The fraction of sp³-hybridized carbons (Fsp3) is 0.143. The first kappa shape index (κ1) is 13.5. The lowest BCUT2D eigenvalue weighted by molar-refractivity contribution is 0.0916. The summed E-state index contributed by atoms with van der Waals surface area (Å²) < 4.78 is 0. The zero-order chi connectivity index (χ0) is 13.7. The molecular weight excluding hydrogens is 264 g/mol. The van der Waals surface area contributed by atoms with Gasteiger partial charge in [-0.2, -0.15) is 0 Å². The monoisotopic (exact) mass is 276 g/mol. The first-order valence-electron chi connectivity index (χ1n) is 5.79. The maximum Gasteiger partial charge on any atom is 0.253 e. The fourth-order valence-electron chi connectivity index (χ4n) is 1.67. The van der Waals surface area contributed by atoms with Crippen molar-refractivity contribution in [1.29, 1.82) is 0 Å². The number of nitrogens with one attached hydrogen (secondary N) is 1. The summed E-state index contributed by atoms with van der Waals surface area (Å²) in [5.41, 5.74) is 1.25. The number of nitrogens with zero attached hydrogens (tertiary/aromatic N) is 1. The van der Waals surface area contributed by atoms with Crippen LogP contribution in [0.25, 0.3) is 0 Å². The van der Waals surface area contributed by atoms with Crippen LogP contribution < -0.4 is 5.32 Å². The smallest absolute Gasteiger partial charge is 0.253 e. The summed E-state index contributed by atoms with van der Waals surface area (Å²) in [6.45, 7) is -0.170. The predicted octanol–water partition coefficient (Wildman–Crippen LogP) is 2.20. The Morgan fingerprint density at radius 3 is 2.58 bits per heavy atom. The van der Waals surface area contributed by atoms with E-state index in [1.807, 2.05) is 30.3 Å². The number of hydrogen-bond donors (Lipinski definition) is 2. The Morgan fingerprint density at radius 1 is 1.26 bits per heavy atom. The van der Waals surface area contributed by atoms with E-state index < -0.39 is 6.04 Å². The van der Waals surface area contributed by atoms with Gasteiger partial charge in [0, 0.05) is 6.20 Å². The van der Waals surface area contributed by atoms with Crippen LogP contribution in [-0.4, -0.2) is 22.6 Å². The molecule has 0 fully saturated rings. The van der Waals surface area contributed by atoms with E-state index in [2.05, 4.69) is 10.3 Å². The Bertz CT molecular complexity index is 543. The van der Waals surface area contributed by atoms with E-state index in [-0.39, 0.29) is 12.5 Å². The lowest BCUT2D eigenvalue weighted by Gasteiger charge is -2.16. The van der Waals surface area contributed by atoms with Gasteiger partial charge in [0.15, 0.2) is 0 Å². The van der Waals surface area contributed by atoms with E-state index in [1.54, 1.807) is 12.1 Å². The van der Waals surface area contributed by atoms with E-state index in [9.17, 15) is 9.90 Å². The SMILES string of the molecule is O=C(N[C@@H](CO)c1ccccc1)c1ccc(Cl)nc1. The van der Waals surface area contributed by atoms with Gasteiger partial charge in [0.25, 0.3) is 5.91 Å². The first-order valence-corrected chi connectivity index (χ1v) is 6.16. The van der Waals surface area contributed by atoms with Gasteiger partial charge in [0.05, 0.1) is 18.2 Å². The highest BCUT2D eigenvalue weighted by molar-refractivity contribution is 6.29. The van der Waals surface area contributed by atoms with Crippen molar-refractivity contribution in [2.75, 3.05) is 6.61 Å². The molecule has 1 heterocycles. The molecule has 0 spiro atoms. The van der Waals surface area contributed by atoms with Crippen molar-refractivity contribution in [3.63, 3.8) is 0 Å². The summed E-state index contributed by atoms with van der Waals surface area (Å²) in [7, 11) is 0. The molecule has 0 aliphatic rings. The number of hydrogen-bond acceptors (Lipinski definition) is 3. The molecule has 1 amide bonds. The van der Waals surface area contributed by atoms with Crippen LogP contribution in [0.4, 0.5) is 0 Å². The van der Waals surface area contributed by atoms with E-state index in [4.69, 9.17) is 11.6 Å². The van der Waals surface area contributed by atoms with Crippen LogP contribution in [0.5, 0.6) is 0 Å². The van der Waals surface area contributed by atoms with Gasteiger partial charge < -0.3 is 10.4 Å². The standard InChI is InChI=1S/C14H13ClN2O2/c15-13-7-6-11(8-16-13)14(19)17-12(9-18)10-4-2-1-3-5-10/h1-8,12,18H,9H2,(H,17,19)/t12-/m0/s1. The van der Waals surface area contributed by atoms with Crippen molar-refractivity contribution >= 4 is 17.5 Å². The third-order valence-corrected chi connectivity index (χ3v) is 2.90. The predicted molar refractivity (Wildman–Crippen MR) is 73.0 cm³/mol. The summed E-state index contributed by atoms with van der Waals surface area (Å²) in [6, 6.07) is 12.0. The van der Waals surface area contributed by atoms with Crippen molar-refractivity contribution in [3.05, 3.63) is 64.9 Å². The number of halogens is 1. The molecule has 4 nitrogen and oxygen atoms in total. The second-order valence-corrected chi connectivity index (χ2v) is 4.38. The second-order valence-electron chi connectivity index (χ2n) is 3.99. The maximum atomic E-state index is 12.0. The van der Waals surface area contributed by atoms with Crippen LogP contribution in [0, 0.1) is 0 Å². The Balaban J connectivity index is 2.10. The molecule has 2 N–H and O–H groups in total. The summed E-state index contributed by atoms with van der Waals surface area (Å²) in [5, 5.41) is 12.4. The number of aliphatic hydroxyl groups excluding tert-OH is 1. The average molecular weight is 277 g/mol. The minimum atomic E-state index is -0.440. The van der Waals surface area contributed by atoms with Crippen LogP contribution in [-0.2, 0) is 0 Å². The van der Waals surface area contributed by atoms with Crippen molar-refractivity contribution in [2.45, 2.75) is 6.04 Å². The molecule has 19 heavy (non-hydrogen) atoms. The molecule has 1 atom stereocenters. The van der Waals surface area contributed by atoms with Crippen molar-refractivity contribution in [2.24, 2.45) is 0 Å². The molecule has 2 rings (SSSR count). The van der Waals surface area contributed by atoms with E-state index in [0.717, 1.165) is 5.56 Å². The molecule has 5 heteroatoms. The average Bonchev–Trinajstić information content (AvgIpc) is 2.46. The third-order valence-electron chi connectivity index (χ3n) is 2.68. The van der Waals surface area contributed by atoms with Crippen molar-refractivity contribution < 1.29 is 9.90 Å². The quantitative estimate of drug-likeness (QED) is 0.842. The van der Waals surface area contributed by atoms with Crippen LogP contribution in [0.15, 0.2) is 48.7 Å². The second kappa shape index (κ2) is 6.31. The molecule has 0 unspecified atom stereocenters. The summed E-state index contributed by atoms with van der Waals surface area (Å²) in [4.78, 5) is 15.8. The number of pyridine rings is 1. The topological polar surface area (TPSA) is 62.2 Å². The molecule has 0 radical (unpaired) electrons. The maximum absolute atomic E-state index is 12.0. The Morgan fingerprint density at radius 2 is 2.00 bits per heavy atom. The van der Waals surface area contributed by atoms with Crippen LogP contribution in [0.2, 0.25) is 5.15 Å². The van der Waals surface area contributed by atoms with Gasteiger partial charge in [-0.15, -0.1) is 0 Å². The lowest BCUT2D eigenvalue weighted by Crippen LogP contribution is -2.30. The number of amides is 1. The van der Waals surface area contributed by atoms with Crippen LogP contribution >= 0.6 is 11.6 Å². The van der Waals surface area contributed by atoms with Gasteiger partial charge in [-0.3, -0.25) is 4.79 Å². The Hall–Kier alpha value is -1.91. The first-order chi connectivity index (χ1) is 9.20. The molecule has 0 saturated heterocycles. The van der Waals surface area contributed by atoms with Crippen LogP contribution in [0.1, 0.15) is 22.0 Å². The zero-order valence-corrected chi connectivity index (χ0v) is 10.8. The lowest BCUT2D eigenvalue weighted by atomic mass is 10.1. The molecule has 0 bridgehead atoms. The van der Waals surface area contributed by atoms with Gasteiger partial charge in [-0.25, -0.2) is 4.98 Å². The number of rotatable bonds is 4. The molecule has 0 aliphatic carbocycles. The number of carbonyl (C=O) groups is 1. The van der Waals surface area contributed by atoms with Gasteiger partial charge >= 0.3 is 0 Å². The Labute approximate surface area is 116 Å².